The zero-order chi connectivity index (χ0) is 12.6. The Balaban J connectivity index is 1.48. The van der Waals surface area contributed by atoms with E-state index in [0.717, 1.165) is 13.1 Å². The zero-order valence-electron chi connectivity index (χ0n) is 11.0. The molecule has 1 unspecified atom stereocenters. The lowest BCUT2D eigenvalue weighted by Crippen LogP contribution is -2.41. The monoisotopic (exact) mass is 256 g/mol. The van der Waals surface area contributed by atoms with E-state index in [2.05, 4.69) is 10.6 Å². The van der Waals surface area contributed by atoms with Crippen molar-refractivity contribution in [3.05, 3.63) is 0 Å². The lowest BCUT2D eigenvalue weighted by atomic mass is 10.2. The molecule has 1 saturated heterocycles. The molecule has 0 aromatic carbocycles. The normalized spacial score (nSPS) is 25.2. The highest BCUT2D eigenvalue weighted by Gasteiger charge is 2.17. The minimum absolute atomic E-state index is 0.0227. The van der Waals surface area contributed by atoms with Crippen LogP contribution in [0.15, 0.2) is 0 Å². The highest BCUT2D eigenvalue weighted by Crippen LogP contribution is 2.20. The molecule has 2 aliphatic rings. The van der Waals surface area contributed by atoms with Crippen molar-refractivity contribution in [1.82, 2.24) is 10.6 Å². The number of ether oxygens (including phenoxy) is 2. The maximum absolute atomic E-state index is 11.6. The number of hydrogen-bond donors (Lipinski definition) is 2. The Bertz CT molecular complexity index is 249. The van der Waals surface area contributed by atoms with Gasteiger partial charge in [0, 0.05) is 19.6 Å². The number of carbonyl (C=O) groups excluding carboxylic acids is 1. The third-order valence-corrected chi connectivity index (χ3v) is 3.50. The molecule has 2 N–H and O–H groups in total. The number of nitrogens with one attached hydrogen (secondary N) is 2. The first-order chi connectivity index (χ1) is 8.84. The second-order valence-electron chi connectivity index (χ2n) is 5.03. The summed E-state index contributed by atoms with van der Waals surface area (Å²) in [5.41, 5.74) is 0. The Labute approximate surface area is 109 Å². The lowest BCUT2D eigenvalue weighted by Gasteiger charge is -2.23. The summed E-state index contributed by atoms with van der Waals surface area (Å²) >= 11 is 0. The highest BCUT2D eigenvalue weighted by atomic mass is 16.5. The van der Waals surface area contributed by atoms with Crippen LogP contribution in [0.4, 0.5) is 0 Å². The van der Waals surface area contributed by atoms with Gasteiger partial charge in [0.15, 0.2) is 0 Å². The highest BCUT2D eigenvalue weighted by molar-refractivity contribution is 5.76. The predicted molar refractivity (Wildman–Crippen MR) is 68.4 cm³/mol. The Morgan fingerprint density at radius 2 is 2.22 bits per heavy atom. The summed E-state index contributed by atoms with van der Waals surface area (Å²) in [6, 6.07) is 0. The minimum Gasteiger partial charge on any atom is -0.376 e. The van der Waals surface area contributed by atoms with E-state index in [1.165, 1.54) is 25.7 Å². The Hall–Kier alpha value is -0.650. The van der Waals surface area contributed by atoms with Crippen molar-refractivity contribution in [3.8, 4) is 0 Å². The van der Waals surface area contributed by atoms with Crippen molar-refractivity contribution in [2.24, 2.45) is 0 Å². The van der Waals surface area contributed by atoms with Gasteiger partial charge in [-0.15, -0.1) is 0 Å². The SMILES string of the molecule is O=C(CC1CNCCO1)NCCOC1CCCC1. The molecule has 0 radical (unpaired) electrons. The lowest BCUT2D eigenvalue weighted by molar-refractivity contribution is -0.124. The van der Waals surface area contributed by atoms with E-state index in [9.17, 15) is 4.79 Å². The third kappa shape index (κ3) is 4.92. The van der Waals surface area contributed by atoms with Crippen LogP contribution in [0.5, 0.6) is 0 Å². The van der Waals surface area contributed by atoms with Crippen LogP contribution in [0.3, 0.4) is 0 Å². The van der Waals surface area contributed by atoms with Gasteiger partial charge in [0.1, 0.15) is 0 Å². The largest absolute Gasteiger partial charge is 0.376 e. The molecule has 5 heteroatoms. The Morgan fingerprint density at radius 3 is 2.94 bits per heavy atom. The molecule has 0 aromatic rings. The topological polar surface area (TPSA) is 59.6 Å². The van der Waals surface area contributed by atoms with Crippen LogP contribution in [0, 0.1) is 0 Å². The summed E-state index contributed by atoms with van der Waals surface area (Å²) in [5, 5.41) is 6.10. The molecular weight excluding hydrogens is 232 g/mol. The summed E-state index contributed by atoms with van der Waals surface area (Å²) in [6.45, 7) is 3.58. The van der Waals surface area contributed by atoms with Gasteiger partial charge in [-0.05, 0) is 12.8 Å². The van der Waals surface area contributed by atoms with E-state index in [4.69, 9.17) is 9.47 Å². The summed E-state index contributed by atoms with van der Waals surface area (Å²) < 4.78 is 11.2. The average molecular weight is 256 g/mol. The summed E-state index contributed by atoms with van der Waals surface area (Å²) in [7, 11) is 0. The van der Waals surface area contributed by atoms with Crippen LogP contribution >= 0.6 is 0 Å². The van der Waals surface area contributed by atoms with Gasteiger partial charge >= 0.3 is 0 Å². The first kappa shape index (κ1) is 13.8. The Morgan fingerprint density at radius 1 is 1.39 bits per heavy atom. The quantitative estimate of drug-likeness (QED) is 0.677. The summed E-state index contributed by atoms with van der Waals surface area (Å²) in [4.78, 5) is 11.6. The number of morpholine rings is 1. The third-order valence-electron chi connectivity index (χ3n) is 3.50. The van der Waals surface area contributed by atoms with Crippen LogP contribution in [-0.4, -0.2) is 51.0 Å². The Kier molecular flexibility index (Phi) is 5.90. The van der Waals surface area contributed by atoms with Crippen molar-refractivity contribution in [2.75, 3.05) is 32.8 Å². The first-order valence-electron chi connectivity index (χ1n) is 7.05. The van der Waals surface area contributed by atoms with E-state index in [1.54, 1.807) is 0 Å². The molecule has 0 spiro atoms. The van der Waals surface area contributed by atoms with Crippen molar-refractivity contribution in [2.45, 2.75) is 44.3 Å². The molecule has 0 aromatic heterocycles. The molecule has 0 bridgehead atoms. The second-order valence-corrected chi connectivity index (χ2v) is 5.03. The number of rotatable bonds is 6. The van der Waals surface area contributed by atoms with Crippen molar-refractivity contribution in [1.29, 1.82) is 0 Å². The smallest absolute Gasteiger partial charge is 0.222 e. The summed E-state index contributed by atoms with van der Waals surface area (Å²) in [5.74, 6) is 0.0544. The van der Waals surface area contributed by atoms with Crippen molar-refractivity contribution < 1.29 is 14.3 Å². The standard InChI is InChI=1S/C13H24N2O3/c16-13(9-12-10-14-5-7-18-12)15-6-8-17-11-3-1-2-4-11/h11-12,14H,1-10H2,(H,15,16). The van der Waals surface area contributed by atoms with E-state index in [0.29, 0.717) is 32.3 Å². The fraction of sp³-hybridized carbons (Fsp3) is 0.923. The predicted octanol–water partition coefficient (Wildman–Crippen LogP) is 0.440. The number of carbonyl (C=O) groups is 1. The molecule has 2 fully saturated rings. The van der Waals surface area contributed by atoms with Gasteiger partial charge in [-0.25, -0.2) is 0 Å². The van der Waals surface area contributed by atoms with Gasteiger partial charge < -0.3 is 20.1 Å². The van der Waals surface area contributed by atoms with Gasteiger partial charge in [0.05, 0.1) is 31.8 Å². The average Bonchev–Trinajstić information content (AvgIpc) is 2.89. The maximum atomic E-state index is 11.6. The minimum atomic E-state index is 0.0227. The van der Waals surface area contributed by atoms with Crippen LogP contribution in [0.25, 0.3) is 0 Å². The molecule has 5 nitrogen and oxygen atoms in total. The van der Waals surface area contributed by atoms with Crippen LogP contribution in [0.2, 0.25) is 0 Å². The first-order valence-corrected chi connectivity index (χ1v) is 7.05. The molecule has 104 valence electrons. The second kappa shape index (κ2) is 7.71. The molecular formula is C13H24N2O3. The molecule has 2 rings (SSSR count). The zero-order valence-corrected chi connectivity index (χ0v) is 11.0. The van der Waals surface area contributed by atoms with Crippen LogP contribution in [0.1, 0.15) is 32.1 Å². The molecule has 1 amide bonds. The van der Waals surface area contributed by atoms with E-state index >= 15 is 0 Å². The van der Waals surface area contributed by atoms with E-state index in [-0.39, 0.29) is 12.0 Å². The molecule has 1 atom stereocenters. The number of amides is 1. The van der Waals surface area contributed by atoms with E-state index in [1.807, 2.05) is 0 Å². The summed E-state index contributed by atoms with van der Waals surface area (Å²) in [6.07, 6.45) is 5.80. The maximum Gasteiger partial charge on any atom is 0.222 e. The fourth-order valence-corrected chi connectivity index (χ4v) is 2.50. The molecule has 18 heavy (non-hydrogen) atoms. The number of hydrogen-bond acceptors (Lipinski definition) is 4. The molecule has 1 saturated carbocycles. The van der Waals surface area contributed by atoms with E-state index < -0.39 is 0 Å². The van der Waals surface area contributed by atoms with Crippen molar-refractivity contribution in [3.63, 3.8) is 0 Å². The molecule has 1 aliphatic carbocycles. The fourth-order valence-electron chi connectivity index (χ4n) is 2.50. The van der Waals surface area contributed by atoms with Gasteiger partial charge in [-0.1, -0.05) is 12.8 Å². The van der Waals surface area contributed by atoms with Crippen molar-refractivity contribution >= 4 is 5.91 Å². The molecule has 1 aliphatic heterocycles. The molecule has 1 heterocycles. The van der Waals surface area contributed by atoms with Gasteiger partial charge in [-0.3, -0.25) is 4.79 Å². The van der Waals surface area contributed by atoms with Gasteiger partial charge in [0.2, 0.25) is 5.91 Å². The van der Waals surface area contributed by atoms with Gasteiger partial charge in [0.25, 0.3) is 0 Å². The van der Waals surface area contributed by atoms with Crippen LogP contribution < -0.4 is 10.6 Å². The van der Waals surface area contributed by atoms with Crippen LogP contribution in [-0.2, 0) is 14.3 Å². The van der Waals surface area contributed by atoms with Gasteiger partial charge in [-0.2, -0.15) is 0 Å².